The minimum atomic E-state index is 0.212. The molecule has 0 aliphatic carbocycles. The number of nitrogens with two attached hydrogens (primary N) is 1. The van der Waals surface area contributed by atoms with Gasteiger partial charge in [0.25, 0.3) is 0 Å². The summed E-state index contributed by atoms with van der Waals surface area (Å²) in [5.74, 6) is 0. The second kappa shape index (κ2) is 5.48. The van der Waals surface area contributed by atoms with Crippen LogP contribution < -0.4 is 5.73 Å². The first kappa shape index (κ1) is 14.3. The van der Waals surface area contributed by atoms with E-state index < -0.39 is 0 Å². The lowest BCUT2D eigenvalue weighted by Crippen LogP contribution is -2.57. The van der Waals surface area contributed by atoms with Crippen molar-refractivity contribution in [2.75, 3.05) is 26.2 Å². The number of hydrogen-bond donors (Lipinski definition) is 1. The zero-order valence-corrected chi connectivity index (χ0v) is 12.4. The Balaban J connectivity index is 2.10. The Morgan fingerprint density at radius 2 is 2.00 bits per heavy atom. The average molecular weight is 254 g/mol. The Morgan fingerprint density at radius 3 is 2.50 bits per heavy atom. The third-order valence-corrected chi connectivity index (χ3v) is 5.63. The van der Waals surface area contributed by atoms with Crippen LogP contribution in [0.1, 0.15) is 52.9 Å². The lowest BCUT2D eigenvalue weighted by molar-refractivity contribution is -0.0599. The third-order valence-electron chi connectivity index (χ3n) is 5.63. The monoisotopic (exact) mass is 254 g/mol. The second-order valence-corrected chi connectivity index (χ2v) is 6.44. The van der Waals surface area contributed by atoms with Crippen molar-refractivity contribution in [2.24, 2.45) is 11.1 Å². The van der Waals surface area contributed by atoms with Gasteiger partial charge in [0.2, 0.25) is 0 Å². The fourth-order valence-electron chi connectivity index (χ4n) is 3.92. The highest BCUT2D eigenvalue weighted by atomic mass is 16.5. The first-order chi connectivity index (χ1) is 8.60. The van der Waals surface area contributed by atoms with Crippen molar-refractivity contribution in [1.82, 2.24) is 4.90 Å². The molecule has 2 heterocycles. The first-order valence-corrected chi connectivity index (χ1v) is 7.66. The van der Waals surface area contributed by atoms with Gasteiger partial charge in [0.1, 0.15) is 0 Å². The molecule has 2 N–H and O–H groups in total. The van der Waals surface area contributed by atoms with Gasteiger partial charge in [-0.1, -0.05) is 13.8 Å². The van der Waals surface area contributed by atoms with E-state index in [2.05, 4.69) is 25.7 Å². The SMILES string of the molecule is CCC1(CC)CCN(C2(CN)CCOC(C)C2)C1. The summed E-state index contributed by atoms with van der Waals surface area (Å²) in [6, 6.07) is 0. The Hall–Kier alpha value is -0.120. The van der Waals surface area contributed by atoms with Crippen molar-refractivity contribution in [1.29, 1.82) is 0 Å². The zero-order chi connectivity index (χ0) is 13.2. The van der Waals surface area contributed by atoms with E-state index in [-0.39, 0.29) is 5.54 Å². The molecule has 0 amide bonds. The van der Waals surface area contributed by atoms with Crippen molar-refractivity contribution >= 4 is 0 Å². The summed E-state index contributed by atoms with van der Waals surface area (Å²) in [6.45, 7) is 11.0. The number of ether oxygens (including phenoxy) is 1. The fraction of sp³-hybridized carbons (Fsp3) is 1.00. The molecular formula is C15H30N2O. The Bertz CT molecular complexity index is 278. The zero-order valence-electron chi connectivity index (χ0n) is 12.4. The lowest BCUT2D eigenvalue weighted by atomic mass is 9.81. The van der Waals surface area contributed by atoms with E-state index >= 15 is 0 Å². The molecule has 3 nitrogen and oxygen atoms in total. The summed E-state index contributed by atoms with van der Waals surface area (Å²) in [5, 5.41) is 0. The van der Waals surface area contributed by atoms with Crippen LogP contribution in [0, 0.1) is 5.41 Å². The van der Waals surface area contributed by atoms with Crippen molar-refractivity contribution in [3.63, 3.8) is 0 Å². The van der Waals surface area contributed by atoms with Crippen LogP contribution in [-0.2, 0) is 4.74 Å². The Morgan fingerprint density at radius 1 is 1.28 bits per heavy atom. The van der Waals surface area contributed by atoms with E-state index in [0.29, 0.717) is 11.5 Å². The van der Waals surface area contributed by atoms with Crippen LogP contribution in [0.15, 0.2) is 0 Å². The van der Waals surface area contributed by atoms with E-state index in [0.717, 1.165) is 26.0 Å². The van der Waals surface area contributed by atoms with Gasteiger partial charge in [0, 0.05) is 25.2 Å². The highest BCUT2D eigenvalue weighted by Gasteiger charge is 2.46. The van der Waals surface area contributed by atoms with Crippen LogP contribution in [-0.4, -0.2) is 42.8 Å². The number of rotatable bonds is 4. The first-order valence-electron chi connectivity index (χ1n) is 7.66. The summed E-state index contributed by atoms with van der Waals surface area (Å²) in [7, 11) is 0. The highest BCUT2D eigenvalue weighted by molar-refractivity contribution is 5.01. The van der Waals surface area contributed by atoms with Gasteiger partial charge in [0.05, 0.1) is 6.10 Å². The van der Waals surface area contributed by atoms with Gasteiger partial charge in [-0.2, -0.15) is 0 Å². The Labute approximate surface area is 112 Å². The molecule has 0 bridgehead atoms. The number of likely N-dealkylation sites (tertiary alicyclic amines) is 1. The lowest BCUT2D eigenvalue weighted by Gasteiger charge is -2.46. The maximum absolute atomic E-state index is 6.15. The van der Waals surface area contributed by atoms with E-state index in [9.17, 15) is 0 Å². The van der Waals surface area contributed by atoms with Gasteiger partial charge >= 0.3 is 0 Å². The molecule has 18 heavy (non-hydrogen) atoms. The van der Waals surface area contributed by atoms with Crippen LogP contribution in [0.4, 0.5) is 0 Å². The molecule has 2 saturated heterocycles. The van der Waals surface area contributed by atoms with Gasteiger partial charge in [-0.05, 0) is 51.0 Å². The van der Waals surface area contributed by atoms with Crippen molar-refractivity contribution in [3.8, 4) is 0 Å². The fourth-order valence-corrected chi connectivity index (χ4v) is 3.92. The number of nitrogens with zero attached hydrogens (tertiary/aromatic N) is 1. The van der Waals surface area contributed by atoms with Gasteiger partial charge in [-0.3, -0.25) is 4.90 Å². The van der Waals surface area contributed by atoms with Gasteiger partial charge in [-0.25, -0.2) is 0 Å². The van der Waals surface area contributed by atoms with Crippen molar-refractivity contribution in [2.45, 2.75) is 64.5 Å². The quantitative estimate of drug-likeness (QED) is 0.837. The molecule has 2 rings (SSSR count). The van der Waals surface area contributed by atoms with Crippen LogP contribution in [0.25, 0.3) is 0 Å². The van der Waals surface area contributed by atoms with Gasteiger partial charge < -0.3 is 10.5 Å². The summed E-state index contributed by atoms with van der Waals surface area (Å²) < 4.78 is 5.72. The molecular weight excluding hydrogens is 224 g/mol. The molecule has 3 heteroatoms. The number of hydrogen-bond acceptors (Lipinski definition) is 3. The summed E-state index contributed by atoms with van der Waals surface area (Å²) in [6.07, 6.45) is 6.52. The topological polar surface area (TPSA) is 38.5 Å². The molecule has 0 radical (unpaired) electrons. The molecule has 0 aromatic carbocycles. The standard InChI is InChI=1S/C15H30N2O/c1-4-14(5-2)6-8-17(12-14)15(11-16)7-9-18-13(3)10-15/h13H,4-12,16H2,1-3H3. The van der Waals surface area contributed by atoms with Crippen LogP contribution in [0.3, 0.4) is 0 Å². The van der Waals surface area contributed by atoms with Crippen molar-refractivity contribution in [3.05, 3.63) is 0 Å². The average Bonchev–Trinajstić information content (AvgIpc) is 2.84. The molecule has 2 aliphatic rings. The molecule has 0 spiro atoms. The minimum absolute atomic E-state index is 0.212. The Kier molecular flexibility index (Phi) is 4.35. The van der Waals surface area contributed by atoms with E-state index in [1.165, 1.54) is 32.4 Å². The van der Waals surface area contributed by atoms with Gasteiger partial charge in [0.15, 0.2) is 0 Å². The van der Waals surface area contributed by atoms with E-state index in [4.69, 9.17) is 10.5 Å². The van der Waals surface area contributed by atoms with E-state index in [1.807, 2.05) is 0 Å². The summed E-state index contributed by atoms with van der Waals surface area (Å²) >= 11 is 0. The predicted octanol–water partition coefficient (Wildman–Crippen LogP) is 2.39. The molecule has 0 aromatic rings. The third kappa shape index (κ3) is 2.45. The summed E-state index contributed by atoms with van der Waals surface area (Å²) in [5.41, 5.74) is 6.91. The minimum Gasteiger partial charge on any atom is -0.378 e. The molecule has 2 atom stereocenters. The highest BCUT2D eigenvalue weighted by Crippen LogP contribution is 2.42. The van der Waals surface area contributed by atoms with Crippen LogP contribution in [0.2, 0.25) is 0 Å². The molecule has 2 fully saturated rings. The molecule has 2 aliphatic heterocycles. The summed E-state index contributed by atoms with van der Waals surface area (Å²) in [4.78, 5) is 2.69. The largest absolute Gasteiger partial charge is 0.378 e. The smallest absolute Gasteiger partial charge is 0.0565 e. The molecule has 0 aromatic heterocycles. The van der Waals surface area contributed by atoms with Crippen LogP contribution >= 0.6 is 0 Å². The molecule has 106 valence electrons. The van der Waals surface area contributed by atoms with Crippen molar-refractivity contribution < 1.29 is 4.74 Å². The van der Waals surface area contributed by atoms with Gasteiger partial charge in [-0.15, -0.1) is 0 Å². The van der Waals surface area contributed by atoms with Crippen LogP contribution in [0.5, 0.6) is 0 Å². The molecule has 2 unspecified atom stereocenters. The maximum Gasteiger partial charge on any atom is 0.0565 e. The molecule has 0 saturated carbocycles. The normalized spacial score (nSPS) is 37.0. The predicted molar refractivity (Wildman–Crippen MR) is 75.6 cm³/mol. The van der Waals surface area contributed by atoms with E-state index in [1.54, 1.807) is 0 Å². The maximum atomic E-state index is 6.15. The second-order valence-electron chi connectivity index (χ2n) is 6.44.